The van der Waals surface area contributed by atoms with E-state index < -0.39 is 11.7 Å². The molecule has 0 saturated carbocycles. The summed E-state index contributed by atoms with van der Waals surface area (Å²) in [7, 11) is 0. The van der Waals surface area contributed by atoms with Crippen LogP contribution in [0.25, 0.3) is 0 Å². The molecule has 112 valence electrons. The maximum Gasteiger partial charge on any atom is 0.418 e. The number of anilines is 1. The topological polar surface area (TPSA) is 3.24 Å². The summed E-state index contributed by atoms with van der Waals surface area (Å²) in [6.45, 7) is 3.55. The van der Waals surface area contributed by atoms with Gasteiger partial charge in [0.2, 0.25) is 0 Å². The van der Waals surface area contributed by atoms with Crippen LogP contribution in [0.5, 0.6) is 0 Å². The van der Waals surface area contributed by atoms with Gasteiger partial charge in [-0.3, -0.25) is 0 Å². The molecule has 0 bridgehead atoms. The Hall–Kier alpha value is -0.710. The van der Waals surface area contributed by atoms with Gasteiger partial charge in [-0.15, -0.1) is 0 Å². The minimum atomic E-state index is -4.30. The highest BCUT2D eigenvalue weighted by Gasteiger charge is 2.35. The quantitative estimate of drug-likeness (QED) is 0.675. The second-order valence-electron chi connectivity index (χ2n) is 5.35. The highest BCUT2D eigenvalue weighted by atomic mass is 79.9. The van der Waals surface area contributed by atoms with Gasteiger partial charge in [0.05, 0.1) is 5.56 Å². The Bertz CT molecular complexity index is 459. The fourth-order valence-corrected chi connectivity index (χ4v) is 3.13. The van der Waals surface area contributed by atoms with E-state index in [0.29, 0.717) is 29.0 Å². The van der Waals surface area contributed by atoms with E-state index in [-0.39, 0.29) is 0 Å². The molecule has 0 N–H and O–H groups in total. The average molecular weight is 350 g/mol. The summed E-state index contributed by atoms with van der Waals surface area (Å²) in [6, 6.07) is 4.66. The van der Waals surface area contributed by atoms with Crippen LogP contribution in [0.15, 0.2) is 18.2 Å². The minimum absolute atomic E-state index is 0.334. The van der Waals surface area contributed by atoms with Gasteiger partial charge in [0, 0.05) is 24.1 Å². The van der Waals surface area contributed by atoms with Gasteiger partial charge >= 0.3 is 6.18 Å². The van der Waals surface area contributed by atoms with Crippen LogP contribution >= 0.6 is 15.9 Å². The van der Waals surface area contributed by atoms with Crippen LogP contribution in [-0.2, 0) is 11.5 Å². The van der Waals surface area contributed by atoms with Crippen LogP contribution in [0.4, 0.5) is 18.9 Å². The first-order valence-corrected chi connectivity index (χ1v) is 8.09. The lowest BCUT2D eigenvalue weighted by Gasteiger charge is -2.35. The first-order chi connectivity index (χ1) is 9.45. The molecule has 1 heterocycles. The fourth-order valence-electron chi connectivity index (χ4n) is 2.79. The molecule has 1 atom stereocenters. The van der Waals surface area contributed by atoms with E-state index in [9.17, 15) is 13.2 Å². The number of nitrogens with zero attached hydrogens (tertiary/aromatic N) is 1. The molecule has 1 unspecified atom stereocenters. The lowest BCUT2D eigenvalue weighted by molar-refractivity contribution is -0.137. The number of rotatable bonds is 3. The predicted octanol–water partition coefficient (Wildman–Crippen LogP) is 5.23. The van der Waals surface area contributed by atoms with Gasteiger partial charge in [0.15, 0.2) is 0 Å². The fraction of sp³-hybridized carbons (Fsp3) is 0.600. The van der Waals surface area contributed by atoms with Crippen molar-refractivity contribution in [2.45, 2.75) is 37.7 Å². The molecule has 0 aromatic heterocycles. The number of piperidine rings is 1. The Morgan fingerprint density at radius 1 is 1.35 bits per heavy atom. The number of halogens is 4. The second kappa shape index (κ2) is 6.37. The van der Waals surface area contributed by atoms with E-state index in [0.717, 1.165) is 25.8 Å². The molecular formula is C15H19BrF3N. The first-order valence-electron chi connectivity index (χ1n) is 6.96. The monoisotopic (exact) mass is 349 g/mol. The van der Waals surface area contributed by atoms with Crippen LogP contribution in [0, 0.1) is 5.92 Å². The zero-order valence-electron chi connectivity index (χ0n) is 11.5. The van der Waals surface area contributed by atoms with E-state index >= 15 is 0 Å². The SMILES string of the molecule is CCC1CCCN(c2ccc(CBr)cc2C(F)(F)F)C1. The molecule has 2 rings (SSSR count). The summed E-state index contributed by atoms with van der Waals surface area (Å²) in [5.74, 6) is 0.501. The molecule has 0 radical (unpaired) electrons. The van der Waals surface area contributed by atoms with Crippen molar-refractivity contribution in [1.29, 1.82) is 0 Å². The third kappa shape index (κ3) is 3.48. The smallest absolute Gasteiger partial charge is 0.371 e. The Balaban J connectivity index is 2.35. The van der Waals surface area contributed by atoms with Gasteiger partial charge in [0.25, 0.3) is 0 Å². The van der Waals surface area contributed by atoms with Crippen molar-refractivity contribution in [1.82, 2.24) is 0 Å². The van der Waals surface area contributed by atoms with Gasteiger partial charge in [-0.25, -0.2) is 0 Å². The standard InChI is InChI=1S/C15H19BrF3N/c1-2-11-4-3-7-20(10-11)14-6-5-12(9-16)8-13(14)15(17,18)19/h5-6,8,11H,2-4,7,9-10H2,1H3. The van der Waals surface area contributed by atoms with E-state index in [1.165, 1.54) is 6.07 Å². The van der Waals surface area contributed by atoms with Crippen LogP contribution < -0.4 is 4.90 Å². The largest absolute Gasteiger partial charge is 0.418 e. The van der Waals surface area contributed by atoms with Gasteiger partial charge in [-0.2, -0.15) is 13.2 Å². The normalized spacial score (nSPS) is 20.2. The van der Waals surface area contributed by atoms with Crippen LogP contribution in [0.3, 0.4) is 0 Å². The average Bonchev–Trinajstić information content (AvgIpc) is 2.45. The van der Waals surface area contributed by atoms with Crippen molar-refractivity contribution in [3.8, 4) is 0 Å². The second-order valence-corrected chi connectivity index (χ2v) is 5.91. The summed E-state index contributed by atoms with van der Waals surface area (Å²) in [5.41, 5.74) is 0.483. The maximum absolute atomic E-state index is 13.3. The summed E-state index contributed by atoms with van der Waals surface area (Å²) in [6.07, 6.45) is -1.19. The zero-order valence-corrected chi connectivity index (χ0v) is 13.1. The van der Waals surface area contributed by atoms with Gasteiger partial charge in [0.1, 0.15) is 0 Å². The molecule has 1 aromatic carbocycles. The highest BCUT2D eigenvalue weighted by Crippen LogP contribution is 2.39. The lowest BCUT2D eigenvalue weighted by Crippen LogP contribution is -2.36. The lowest BCUT2D eigenvalue weighted by atomic mass is 9.94. The summed E-state index contributed by atoms with van der Waals surface area (Å²) in [4.78, 5) is 1.90. The van der Waals surface area contributed by atoms with Gasteiger partial charge < -0.3 is 4.90 Å². The molecule has 0 spiro atoms. The Morgan fingerprint density at radius 3 is 2.70 bits per heavy atom. The zero-order chi connectivity index (χ0) is 14.8. The molecular weight excluding hydrogens is 331 g/mol. The highest BCUT2D eigenvalue weighted by molar-refractivity contribution is 9.08. The number of hydrogen-bond acceptors (Lipinski definition) is 1. The number of benzene rings is 1. The van der Waals surface area contributed by atoms with E-state index in [2.05, 4.69) is 22.9 Å². The van der Waals surface area contributed by atoms with Gasteiger partial charge in [-0.1, -0.05) is 35.3 Å². The molecule has 1 fully saturated rings. The van der Waals surface area contributed by atoms with Crippen molar-refractivity contribution in [2.24, 2.45) is 5.92 Å². The third-order valence-corrected chi connectivity index (χ3v) is 4.61. The van der Waals surface area contributed by atoms with E-state index in [1.807, 2.05) is 4.90 Å². The van der Waals surface area contributed by atoms with Crippen molar-refractivity contribution >= 4 is 21.6 Å². The van der Waals surface area contributed by atoms with Crippen molar-refractivity contribution < 1.29 is 13.2 Å². The molecule has 1 saturated heterocycles. The van der Waals surface area contributed by atoms with Crippen molar-refractivity contribution in [3.63, 3.8) is 0 Å². The molecule has 5 heteroatoms. The molecule has 1 aromatic rings. The predicted molar refractivity (Wildman–Crippen MR) is 79.3 cm³/mol. The first kappa shape index (κ1) is 15.7. The summed E-state index contributed by atoms with van der Waals surface area (Å²) in [5, 5.41) is 0.438. The number of hydrogen-bond donors (Lipinski definition) is 0. The van der Waals surface area contributed by atoms with Crippen LogP contribution in [0.1, 0.15) is 37.3 Å². The van der Waals surface area contributed by atoms with E-state index in [4.69, 9.17) is 0 Å². The van der Waals surface area contributed by atoms with Crippen LogP contribution in [-0.4, -0.2) is 13.1 Å². The molecule has 1 aliphatic heterocycles. The Labute approximate surface area is 126 Å². The third-order valence-electron chi connectivity index (χ3n) is 3.96. The molecule has 0 amide bonds. The Kier molecular flexibility index (Phi) is 4.99. The van der Waals surface area contributed by atoms with Crippen molar-refractivity contribution in [2.75, 3.05) is 18.0 Å². The summed E-state index contributed by atoms with van der Waals surface area (Å²) >= 11 is 3.22. The molecule has 1 aliphatic rings. The summed E-state index contributed by atoms with van der Waals surface area (Å²) < 4.78 is 39.8. The van der Waals surface area contributed by atoms with Crippen molar-refractivity contribution in [3.05, 3.63) is 29.3 Å². The minimum Gasteiger partial charge on any atom is -0.371 e. The molecule has 1 nitrogen and oxygen atoms in total. The van der Waals surface area contributed by atoms with Gasteiger partial charge in [-0.05, 0) is 36.5 Å². The maximum atomic E-state index is 13.3. The molecule has 20 heavy (non-hydrogen) atoms. The number of alkyl halides is 4. The molecule has 0 aliphatic carbocycles. The Morgan fingerprint density at radius 2 is 2.10 bits per heavy atom. The van der Waals surface area contributed by atoms with Crippen LogP contribution in [0.2, 0.25) is 0 Å². The van der Waals surface area contributed by atoms with E-state index in [1.54, 1.807) is 12.1 Å².